The van der Waals surface area contributed by atoms with Crippen LogP contribution in [-0.4, -0.2) is 30.6 Å². The van der Waals surface area contributed by atoms with E-state index in [0.717, 1.165) is 79.6 Å². The van der Waals surface area contributed by atoms with Crippen LogP contribution in [0.5, 0.6) is 34.5 Å². The average Bonchev–Trinajstić information content (AvgIpc) is 3.21. The highest BCUT2D eigenvalue weighted by Gasteiger charge is 2.28. The molecule has 0 heterocycles. The van der Waals surface area contributed by atoms with Crippen molar-refractivity contribution in [1.29, 1.82) is 0 Å². The first-order valence-corrected chi connectivity index (χ1v) is 20.8. The van der Waals surface area contributed by atoms with E-state index in [1.807, 2.05) is 74.5 Å². The maximum atomic E-state index is 11.0. The van der Waals surface area contributed by atoms with Gasteiger partial charge in [0.05, 0.1) is 0 Å². The molecular formula is C53H60O6. The van der Waals surface area contributed by atoms with Crippen molar-refractivity contribution in [3.05, 3.63) is 176 Å². The summed E-state index contributed by atoms with van der Waals surface area (Å²) in [6.07, 6.45) is 3.53. The van der Waals surface area contributed by atoms with Crippen LogP contribution in [0, 0.1) is 0 Å². The van der Waals surface area contributed by atoms with Crippen LogP contribution in [0.25, 0.3) is 0 Å². The summed E-state index contributed by atoms with van der Waals surface area (Å²) in [7, 11) is 0. The molecule has 59 heavy (non-hydrogen) atoms. The molecule has 0 unspecified atom stereocenters. The second-order valence-corrected chi connectivity index (χ2v) is 17.6. The van der Waals surface area contributed by atoms with Crippen molar-refractivity contribution in [2.24, 2.45) is 0 Å². The first kappa shape index (κ1) is 42.7. The van der Waals surface area contributed by atoms with Crippen LogP contribution in [-0.2, 0) is 54.8 Å². The molecule has 6 aromatic carbocycles. The van der Waals surface area contributed by atoms with Crippen molar-refractivity contribution >= 4 is 0 Å². The van der Waals surface area contributed by atoms with E-state index in [0.29, 0.717) is 37.2 Å². The molecule has 0 fully saturated rings. The summed E-state index contributed by atoms with van der Waals surface area (Å²) in [4.78, 5) is 0. The second kappa shape index (κ2) is 16.8. The molecule has 6 nitrogen and oxygen atoms in total. The molecule has 0 aliphatic heterocycles. The van der Waals surface area contributed by atoms with Crippen LogP contribution in [0.2, 0.25) is 0 Å². The lowest BCUT2D eigenvalue weighted by molar-refractivity contribution is 0.460. The summed E-state index contributed by atoms with van der Waals surface area (Å²) in [6, 6.07) is 34.4. The smallest absolute Gasteiger partial charge is 0.118 e. The Balaban J connectivity index is 1.20. The Labute approximate surface area is 350 Å². The summed E-state index contributed by atoms with van der Waals surface area (Å²) in [5.74, 6) is 1.42. The summed E-state index contributed by atoms with van der Waals surface area (Å²) < 4.78 is 0. The largest absolute Gasteiger partial charge is 0.508 e. The van der Waals surface area contributed by atoms with Crippen LogP contribution in [0.15, 0.2) is 109 Å². The summed E-state index contributed by atoms with van der Waals surface area (Å²) in [5, 5.41) is 64.5. The molecule has 0 bridgehead atoms. The first-order chi connectivity index (χ1) is 27.9. The Morgan fingerprint density at radius 1 is 0.288 bits per heavy atom. The molecule has 308 valence electrons. The van der Waals surface area contributed by atoms with Crippen molar-refractivity contribution in [3.8, 4) is 34.5 Å². The normalized spacial score (nSPS) is 12.2. The van der Waals surface area contributed by atoms with Crippen LogP contribution < -0.4 is 0 Å². The minimum absolute atomic E-state index is 0.199. The standard InChI is InChI=1S/C53H60O6/c1-9-33-27-39(15-21-45(33)54)51(3,4)41-17-23-47(56)35(29-41)11-13-37-31-43(19-25-49(37)58)53(7,8)44-20-26-50(59)38(32-44)14-12-36-30-42(18-24-48(36)57)52(5,6)40-16-22-46(55)34(10-2)28-40/h15-32,54-59H,9-14H2,1-8H3. The topological polar surface area (TPSA) is 121 Å². The highest BCUT2D eigenvalue weighted by molar-refractivity contribution is 5.51. The Kier molecular flexibility index (Phi) is 12.1. The molecule has 0 spiro atoms. The predicted molar refractivity (Wildman–Crippen MR) is 239 cm³/mol. The molecule has 6 heteroatoms. The molecule has 0 aromatic heterocycles. The lowest BCUT2D eigenvalue weighted by Gasteiger charge is -2.28. The monoisotopic (exact) mass is 792 g/mol. The van der Waals surface area contributed by atoms with Gasteiger partial charge in [-0.1, -0.05) is 128 Å². The zero-order valence-electron chi connectivity index (χ0n) is 35.8. The second-order valence-electron chi connectivity index (χ2n) is 17.6. The summed E-state index contributed by atoms with van der Waals surface area (Å²) in [6.45, 7) is 16.9. The van der Waals surface area contributed by atoms with Crippen molar-refractivity contribution in [1.82, 2.24) is 0 Å². The van der Waals surface area contributed by atoms with E-state index in [9.17, 15) is 30.6 Å². The van der Waals surface area contributed by atoms with E-state index in [1.165, 1.54) is 0 Å². The third-order valence-corrected chi connectivity index (χ3v) is 12.9. The average molecular weight is 793 g/mol. The third-order valence-electron chi connectivity index (χ3n) is 12.9. The maximum Gasteiger partial charge on any atom is 0.118 e. The molecule has 6 aromatic rings. The quantitative estimate of drug-likeness (QED) is 0.0653. The van der Waals surface area contributed by atoms with E-state index in [1.54, 1.807) is 36.4 Å². The highest BCUT2D eigenvalue weighted by Crippen LogP contribution is 2.40. The number of phenolic OH excluding ortho intramolecular Hbond substituents is 6. The molecule has 0 saturated carbocycles. The van der Waals surface area contributed by atoms with Crippen molar-refractivity contribution in [2.75, 3.05) is 0 Å². The number of aryl methyl sites for hydroxylation is 6. The van der Waals surface area contributed by atoms with Gasteiger partial charge in [0.2, 0.25) is 0 Å². The first-order valence-electron chi connectivity index (χ1n) is 20.8. The van der Waals surface area contributed by atoms with Crippen LogP contribution in [0.4, 0.5) is 0 Å². The fourth-order valence-corrected chi connectivity index (χ4v) is 8.25. The molecule has 0 radical (unpaired) electrons. The molecular weight excluding hydrogens is 733 g/mol. The molecule has 0 amide bonds. The van der Waals surface area contributed by atoms with Gasteiger partial charge in [-0.25, -0.2) is 0 Å². The SMILES string of the molecule is CCc1cc(C(C)(C)c2ccc(O)c(CCc3cc(C(C)(C)c4ccc(O)c(CCc5cc(C(C)(C)c6ccc(O)c(CC)c6)ccc5O)c4)ccc3O)c2)ccc1O. The van der Waals surface area contributed by atoms with Crippen molar-refractivity contribution in [2.45, 2.75) is 110 Å². The minimum Gasteiger partial charge on any atom is -0.508 e. The van der Waals surface area contributed by atoms with Crippen LogP contribution >= 0.6 is 0 Å². The third kappa shape index (κ3) is 8.78. The zero-order valence-corrected chi connectivity index (χ0v) is 35.8. The van der Waals surface area contributed by atoms with Gasteiger partial charge >= 0.3 is 0 Å². The van der Waals surface area contributed by atoms with Crippen LogP contribution in [0.1, 0.15) is 122 Å². The van der Waals surface area contributed by atoms with Gasteiger partial charge in [-0.2, -0.15) is 0 Å². The molecule has 6 rings (SSSR count). The Morgan fingerprint density at radius 2 is 0.458 bits per heavy atom. The molecule has 0 aliphatic carbocycles. The van der Waals surface area contributed by atoms with E-state index >= 15 is 0 Å². The molecule has 6 N–H and O–H groups in total. The van der Waals surface area contributed by atoms with Gasteiger partial charge in [0, 0.05) is 16.2 Å². The van der Waals surface area contributed by atoms with Gasteiger partial charge in [-0.05, 0) is 142 Å². The van der Waals surface area contributed by atoms with Crippen molar-refractivity contribution < 1.29 is 30.6 Å². The van der Waals surface area contributed by atoms with Gasteiger partial charge < -0.3 is 30.6 Å². The van der Waals surface area contributed by atoms with Gasteiger partial charge in [-0.15, -0.1) is 0 Å². The zero-order chi connectivity index (χ0) is 42.9. The van der Waals surface area contributed by atoms with Gasteiger partial charge in [0.1, 0.15) is 34.5 Å². The highest BCUT2D eigenvalue weighted by atomic mass is 16.3. The number of rotatable bonds is 14. The summed E-state index contributed by atoms with van der Waals surface area (Å²) >= 11 is 0. The number of hydrogen-bond acceptors (Lipinski definition) is 6. The van der Waals surface area contributed by atoms with Gasteiger partial charge in [0.25, 0.3) is 0 Å². The molecule has 0 atom stereocenters. The number of benzene rings is 6. The summed E-state index contributed by atoms with van der Waals surface area (Å²) in [5.41, 5.74) is 10.00. The number of aromatic hydroxyl groups is 6. The fraction of sp³-hybridized carbons (Fsp3) is 0.321. The Morgan fingerprint density at radius 3 is 0.644 bits per heavy atom. The number of phenols is 6. The van der Waals surface area contributed by atoms with E-state index < -0.39 is 5.41 Å². The predicted octanol–water partition coefficient (Wildman–Crippen LogP) is 11.6. The molecule has 0 aliphatic rings. The van der Waals surface area contributed by atoms with Gasteiger partial charge in [-0.3, -0.25) is 0 Å². The van der Waals surface area contributed by atoms with E-state index in [-0.39, 0.29) is 33.8 Å². The van der Waals surface area contributed by atoms with Crippen LogP contribution in [0.3, 0.4) is 0 Å². The number of hydrogen-bond donors (Lipinski definition) is 6. The van der Waals surface area contributed by atoms with E-state index in [4.69, 9.17) is 0 Å². The minimum atomic E-state index is -0.480. The lowest BCUT2D eigenvalue weighted by atomic mass is 9.76. The molecule has 0 saturated heterocycles. The maximum absolute atomic E-state index is 11.0. The Hall–Kier alpha value is -5.88. The van der Waals surface area contributed by atoms with Gasteiger partial charge in [0.15, 0.2) is 0 Å². The Bertz CT molecular complexity index is 2300. The van der Waals surface area contributed by atoms with E-state index in [2.05, 4.69) is 53.7 Å². The van der Waals surface area contributed by atoms with Crippen molar-refractivity contribution in [3.63, 3.8) is 0 Å². The fourth-order valence-electron chi connectivity index (χ4n) is 8.25. The lowest BCUT2D eigenvalue weighted by Crippen LogP contribution is -2.20.